The van der Waals surface area contributed by atoms with E-state index < -0.39 is 10.0 Å². The van der Waals surface area contributed by atoms with Crippen LogP contribution in [0, 0.1) is 0 Å². The maximum absolute atomic E-state index is 12.3. The zero-order valence-electron chi connectivity index (χ0n) is 10.8. The highest BCUT2D eigenvalue weighted by Crippen LogP contribution is 2.22. The van der Waals surface area contributed by atoms with E-state index in [1.165, 1.54) is 30.5 Å². The van der Waals surface area contributed by atoms with Crippen molar-refractivity contribution in [2.24, 2.45) is 0 Å². The SMILES string of the molecule is O=c1ccoc2cccc(NS(=O)(=O)c3ccccc3)c12. The lowest BCUT2D eigenvalue weighted by Gasteiger charge is -2.09. The molecule has 0 aliphatic heterocycles. The zero-order valence-corrected chi connectivity index (χ0v) is 11.6. The molecule has 3 rings (SSSR count). The van der Waals surface area contributed by atoms with E-state index in [0.717, 1.165) is 0 Å². The Labute approximate surface area is 120 Å². The summed E-state index contributed by atoms with van der Waals surface area (Å²) >= 11 is 0. The summed E-state index contributed by atoms with van der Waals surface area (Å²) in [5.41, 5.74) is 0.226. The van der Waals surface area contributed by atoms with Gasteiger partial charge in [-0.05, 0) is 24.3 Å². The van der Waals surface area contributed by atoms with Crippen molar-refractivity contribution in [3.8, 4) is 0 Å². The number of hydrogen-bond acceptors (Lipinski definition) is 4. The maximum atomic E-state index is 12.3. The molecule has 5 nitrogen and oxygen atoms in total. The van der Waals surface area contributed by atoms with E-state index in [4.69, 9.17) is 4.42 Å². The molecule has 1 heterocycles. The van der Waals surface area contributed by atoms with Gasteiger partial charge in [0.1, 0.15) is 5.58 Å². The molecule has 0 amide bonds. The molecule has 1 aromatic heterocycles. The van der Waals surface area contributed by atoms with Crippen LogP contribution in [0.5, 0.6) is 0 Å². The summed E-state index contributed by atoms with van der Waals surface area (Å²) in [7, 11) is -3.75. The number of benzene rings is 2. The van der Waals surface area contributed by atoms with Crippen molar-refractivity contribution in [1.29, 1.82) is 0 Å². The van der Waals surface area contributed by atoms with Crippen LogP contribution in [0.1, 0.15) is 0 Å². The van der Waals surface area contributed by atoms with Crippen LogP contribution in [0.25, 0.3) is 11.0 Å². The van der Waals surface area contributed by atoms with Crippen molar-refractivity contribution < 1.29 is 12.8 Å². The first kappa shape index (κ1) is 13.4. The van der Waals surface area contributed by atoms with Crippen LogP contribution < -0.4 is 10.2 Å². The molecule has 0 aliphatic rings. The Hall–Kier alpha value is -2.60. The Morgan fingerprint density at radius 1 is 0.905 bits per heavy atom. The summed E-state index contributed by atoms with van der Waals surface area (Å²) in [5, 5.41) is 0.208. The summed E-state index contributed by atoms with van der Waals surface area (Å²) in [6.07, 6.45) is 1.28. The molecule has 0 fully saturated rings. The van der Waals surface area contributed by atoms with E-state index in [-0.39, 0.29) is 21.4 Å². The zero-order chi connectivity index (χ0) is 14.9. The van der Waals surface area contributed by atoms with Crippen molar-refractivity contribution >= 4 is 26.7 Å². The Bertz CT molecular complexity index is 941. The predicted octanol–water partition coefficient (Wildman–Crippen LogP) is 2.59. The second-order valence-electron chi connectivity index (χ2n) is 4.38. The Balaban J connectivity index is 2.13. The number of hydrogen-bond donors (Lipinski definition) is 1. The summed E-state index contributed by atoms with van der Waals surface area (Å²) in [4.78, 5) is 12.1. The molecule has 0 bridgehead atoms. The lowest BCUT2D eigenvalue weighted by atomic mass is 10.2. The van der Waals surface area contributed by atoms with E-state index in [9.17, 15) is 13.2 Å². The van der Waals surface area contributed by atoms with E-state index in [1.807, 2.05) is 0 Å². The third kappa shape index (κ3) is 2.53. The average molecular weight is 301 g/mol. The summed E-state index contributed by atoms with van der Waals surface area (Å²) in [6.45, 7) is 0. The molecule has 0 spiro atoms. The van der Waals surface area contributed by atoms with Crippen molar-refractivity contribution in [2.75, 3.05) is 4.72 Å². The Morgan fingerprint density at radius 2 is 1.67 bits per heavy atom. The van der Waals surface area contributed by atoms with Crippen molar-refractivity contribution in [2.45, 2.75) is 4.90 Å². The number of anilines is 1. The molecule has 0 atom stereocenters. The topological polar surface area (TPSA) is 76.4 Å². The molecule has 0 unspecified atom stereocenters. The number of nitrogens with one attached hydrogen (secondary N) is 1. The maximum Gasteiger partial charge on any atom is 0.261 e. The smallest absolute Gasteiger partial charge is 0.261 e. The predicted molar refractivity (Wildman–Crippen MR) is 79.7 cm³/mol. The van der Waals surface area contributed by atoms with Gasteiger partial charge in [-0.3, -0.25) is 9.52 Å². The van der Waals surface area contributed by atoms with Crippen LogP contribution in [0.15, 0.2) is 75.0 Å². The Morgan fingerprint density at radius 3 is 2.43 bits per heavy atom. The van der Waals surface area contributed by atoms with E-state index in [0.29, 0.717) is 5.58 Å². The molecule has 3 aromatic rings. The van der Waals surface area contributed by atoms with Gasteiger partial charge in [0, 0.05) is 6.07 Å². The van der Waals surface area contributed by atoms with Crippen LogP contribution in [0.2, 0.25) is 0 Å². The molecule has 0 saturated heterocycles. The molecule has 0 radical (unpaired) electrons. The first-order valence-corrected chi connectivity index (χ1v) is 7.65. The van der Waals surface area contributed by atoms with E-state index in [1.54, 1.807) is 30.3 Å². The summed E-state index contributed by atoms with van der Waals surface area (Å²) in [6, 6.07) is 14.0. The fraction of sp³-hybridized carbons (Fsp3) is 0. The monoisotopic (exact) mass is 301 g/mol. The molecule has 21 heavy (non-hydrogen) atoms. The fourth-order valence-corrected chi connectivity index (χ4v) is 3.12. The van der Waals surface area contributed by atoms with Gasteiger partial charge in [-0.25, -0.2) is 8.42 Å². The Kier molecular flexibility index (Phi) is 3.23. The molecular weight excluding hydrogens is 290 g/mol. The minimum Gasteiger partial charge on any atom is -0.464 e. The highest BCUT2D eigenvalue weighted by atomic mass is 32.2. The van der Waals surface area contributed by atoms with E-state index in [2.05, 4.69) is 4.72 Å². The lowest BCUT2D eigenvalue weighted by molar-refractivity contribution is 0.601. The van der Waals surface area contributed by atoms with Gasteiger partial charge in [-0.1, -0.05) is 24.3 Å². The van der Waals surface area contributed by atoms with Crippen LogP contribution >= 0.6 is 0 Å². The number of rotatable bonds is 3. The minimum atomic E-state index is -3.75. The highest BCUT2D eigenvalue weighted by Gasteiger charge is 2.16. The average Bonchev–Trinajstić information content (AvgIpc) is 2.48. The highest BCUT2D eigenvalue weighted by molar-refractivity contribution is 7.92. The van der Waals surface area contributed by atoms with Gasteiger partial charge in [-0.2, -0.15) is 0 Å². The standard InChI is InChI=1S/C15H11NO4S/c17-13-9-10-20-14-8-4-7-12(15(13)14)16-21(18,19)11-5-2-1-3-6-11/h1-10,16H. The van der Waals surface area contributed by atoms with Crippen LogP contribution in [0.3, 0.4) is 0 Å². The lowest BCUT2D eigenvalue weighted by Crippen LogP contribution is -2.14. The molecule has 106 valence electrons. The number of fused-ring (bicyclic) bond motifs is 1. The van der Waals surface area contributed by atoms with Gasteiger partial charge < -0.3 is 4.42 Å². The van der Waals surface area contributed by atoms with Gasteiger partial charge in [0.15, 0.2) is 5.43 Å². The van der Waals surface area contributed by atoms with Crippen molar-refractivity contribution in [1.82, 2.24) is 0 Å². The van der Waals surface area contributed by atoms with Crippen LogP contribution in [-0.4, -0.2) is 8.42 Å². The van der Waals surface area contributed by atoms with Gasteiger partial charge in [0.25, 0.3) is 10.0 Å². The van der Waals surface area contributed by atoms with Gasteiger partial charge in [-0.15, -0.1) is 0 Å². The molecule has 1 N–H and O–H groups in total. The van der Waals surface area contributed by atoms with Crippen LogP contribution in [0.4, 0.5) is 5.69 Å². The first-order chi connectivity index (χ1) is 10.1. The van der Waals surface area contributed by atoms with E-state index >= 15 is 0 Å². The normalized spacial score (nSPS) is 11.4. The molecule has 0 aliphatic carbocycles. The second kappa shape index (κ2) is 5.06. The van der Waals surface area contributed by atoms with Crippen molar-refractivity contribution in [3.63, 3.8) is 0 Å². The summed E-state index contributed by atoms with van der Waals surface area (Å²) < 4.78 is 32.3. The van der Waals surface area contributed by atoms with Crippen molar-refractivity contribution in [3.05, 3.63) is 71.1 Å². The first-order valence-electron chi connectivity index (χ1n) is 6.16. The molecule has 2 aromatic carbocycles. The van der Waals surface area contributed by atoms with Crippen LogP contribution in [-0.2, 0) is 10.0 Å². The fourth-order valence-electron chi connectivity index (χ4n) is 2.02. The minimum absolute atomic E-state index is 0.127. The molecule has 6 heteroatoms. The third-order valence-electron chi connectivity index (χ3n) is 2.98. The van der Waals surface area contributed by atoms with Gasteiger partial charge in [0.05, 0.1) is 22.2 Å². The molecular formula is C15H11NO4S. The van der Waals surface area contributed by atoms with Gasteiger partial charge >= 0.3 is 0 Å². The second-order valence-corrected chi connectivity index (χ2v) is 6.06. The number of sulfonamides is 1. The largest absolute Gasteiger partial charge is 0.464 e. The quantitative estimate of drug-likeness (QED) is 0.806. The summed E-state index contributed by atoms with van der Waals surface area (Å²) in [5.74, 6) is 0. The molecule has 0 saturated carbocycles. The van der Waals surface area contributed by atoms with Gasteiger partial charge in [0.2, 0.25) is 0 Å². The third-order valence-corrected chi connectivity index (χ3v) is 4.37.